The van der Waals surface area contributed by atoms with Gasteiger partial charge >= 0.3 is 12.2 Å². The normalized spacial score (nSPS) is 17.7. The highest BCUT2D eigenvalue weighted by atomic mass is 19.4. The van der Waals surface area contributed by atoms with E-state index in [1.165, 1.54) is 12.3 Å². The molecule has 206 valence electrons. The number of nitrogens with one attached hydrogen (secondary N) is 3. The van der Waals surface area contributed by atoms with Crippen LogP contribution in [0.1, 0.15) is 38.2 Å². The molecule has 2 aromatic rings. The van der Waals surface area contributed by atoms with Gasteiger partial charge in [-0.1, -0.05) is 6.58 Å². The molecule has 0 spiro atoms. The summed E-state index contributed by atoms with van der Waals surface area (Å²) in [6, 6.07) is 8.73. The lowest BCUT2D eigenvalue weighted by molar-refractivity contribution is -0.182. The van der Waals surface area contributed by atoms with E-state index in [-0.39, 0.29) is 49.6 Å². The summed E-state index contributed by atoms with van der Waals surface area (Å²) in [5.74, 6) is -1.54. The molecule has 0 unspecified atom stereocenters. The number of ether oxygens (including phenoxy) is 2. The number of alkyl halides is 3. The second-order valence-corrected chi connectivity index (χ2v) is 8.90. The van der Waals surface area contributed by atoms with Crippen molar-refractivity contribution in [1.82, 2.24) is 5.32 Å². The third-order valence-corrected chi connectivity index (χ3v) is 6.13. The number of rotatable bonds is 10. The minimum Gasteiger partial charge on any atom is -0.491 e. The molecule has 1 aliphatic carbocycles. The molecular formula is C27H32F4N4O3. The molecule has 7 nitrogen and oxygen atoms in total. The van der Waals surface area contributed by atoms with Crippen molar-refractivity contribution in [3.63, 3.8) is 0 Å². The molecule has 0 saturated heterocycles. The summed E-state index contributed by atoms with van der Waals surface area (Å²) in [5.41, 5.74) is 1.89. The van der Waals surface area contributed by atoms with Crippen LogP contribution in [0.2, 0.25) is 0 Å². The Hall–Kier alpha value is -3.60. The summed E-state index contributed by atoms with van der Waals surface area (Å²) in [7, 11) is 1.54. The Morgan fingerprint density at radius 1 is 1.08 bits per heavy atom. The first-order chi connectivity index (χ1) is 18.1. The first-order valence-electron chi connectivity index (χ1n) is 12.2. The monoisotopic (exact) mass is 536 g/mol. The molecule has 2 aromatic carbocycles. The fourth-order valence-electron chi connectivity index (χ4n) is 4.23. The number of carbonyl (C=O) groups excluding carboxylic acids is 1. The van der Waals surface area contributed by atoms with Gasteiger partial charge in [0.1, 0.15) is 18.2 Å². The van der Waals surface area contributed by atoms with E-state index in [4.69, 9.17) is 9.47 Å². The predicted molar refractivity (Wildman–Crippen MR) is 141 cm³/mol. The van der Waals surface area contributed by atoms with Crippen LogP contribution < -0.4 is 20.7 Å². The summed E-state index contributed by atoms with van der Waals surface area (Å²) < 4.78 is 63.9. The van der Waals surface area contributed by atoms with Crippen molar-refractivity contribution in [3.8, 4) is 5.75 Å². The predicted octanol–water partition coefficient (Wildman–Crippen LogP) is 6.90. The maximum Gasteiger partial charge on any atom is 0.391 e. The van der Waals surface area contributed by atoms with E-state index < -0.39 is 23.9 Å². The average molecular weight is 537 g/mol. The van der Waals surface area contributed by atoms with Crippen LogP contribution in [-0.2, 0) is 4.74 Å². The first-order valence-corrected chi connectivity index (χ1v) is 12.2. The van der Waals surface area contributed by atoms with Gasteiger partial charge in [0.2, 0.25) is 0 Å². The van der Waals surface area contributed by atoms with Crippen LogP contribution in [0.5, 0.6) is 5.75 Å². The highest BCUT2D eigenvalue weighted by molar-refractivity contribution is 5.90. The molecule has 1 fully saturated rings. The fourth-order valence-corrected chi connectivity index (χ4v) is 4.23. The van der Waals surface area contributed by atoms with Crippen molar-refractivity contribution in [2.24, 2.45) is 10.9 Å². The molecule has 1 saturated carbocycles. The highest BCUT2D eigenvalue weighted by Crippen LogP contribution is 2.37. The van der Waals surface area contributed by atoms with Crippen molar-refractivity contribution < 1.29 is 31.8 Å². The molecule has 11 heteroatoms. The zero-order valence-electron chi connectivity index (χ0n) is 21.3. The number of halogens is 4. The smallest absolute Gasteiger partial charge is 0.391 e. The summed E-state index contributed by atoms with van der Waals surface area (Å²) in [6.45, 7) is 6.29. The van der Waals surface area contributed by atoms with Gasteiger partial charge in [-0.05, 0) is 56.9 Å². The zero-order valence-corrected chi connectivity index (χ0v) is 21.3. The lowest BCUT2D eigenvalue weighted by Gasteiger charge is -2.30. The highest BCUT2D eigenvalue weighted by Gasteiger charge is 2.41. The van der Waals surface area contributed by atoms with Crippen molar-refractivity contribution in [2.75, 3.05) is 31.0 Å². The van der Waals surface area contributed by atoms with E-state index in [9.17, 15) is 22.4 Å². The number of methoxy groups -OCH3 is 1. The summed E-state index contributed by atoms with van der Waals surface area (Å²) in [5, 5.41) is 8.46. The van der Waals surface area contributed by atoms with E-state index in [2.05, 4.69) is 27.5 Å². The van der Waals surface area contributed by atoms with Crippen LogP contribution in [0.15, 0.2) is 48.0 Å². The van der Waals surface area contributed by atoms with Crippen molar-refractivity contribution in [3.05, 3.63) is 54.4 Å². The Balaban J connectivity index is 1.57. The van der Waals surface area contributed by atoms with E-state index >= 15 is 0 Å². The number of nitrogens with zero attached hydrogens (tertiary/aromatic N) is 1. The van der Waals surface area contributed by atoms with Gasteiger partial charge in [-0.3, -0.25) is 4.99 Å². The number of hydrogen-bond acceptors (Lipinski definition) is 5. The van der Waals surface area contributed by atoms with Crippen molar-refractivity contribution in [1.29, 1.82) is 0 Å². The summed E-state index contributed by atoms with van der Waals surface area (Å²) >= 11 is 0. The molecule has 1 aliphatic rings. The van der Waals surface area contributed by atoms with Crippen LogP contribution in [0.4, 0.5) is 39.4 Å². The number of urea groups is 1. The maximum absolute atomic E-state index is 15.0. The third-order valence-electron chi connectivity index (χ3n) is 6.13. The van der Waals surface area contributed by atoms with Gasteiger partial charge in [0, 0.05) is 48.6 Å². The molecule has 2 amide bonds. The van der Waals surface area contributed by atoms with Crippen LogP contribution in [0.25, 0.3) is 5.70 Å². The fraction of sp³-hybridized carbons (Fsp3) is 0.407. The van der Waals surface area contributed by atoms with Gasteiger partial charge in [0.15, 0.2) is 0 Å². The minimum atomic E-state index is -4.19. The van der Waals surface area contributed by atoms with Gasteiger partial charge in [-0.2, -0.15) is 13.2 Å². The van der Waals surface area contributed by atoms with Crippen molar-refractivity contribution in [2.45, 2.75) is 44.8 Å². The average Bonchev–Trinajstić information content (AvgIpc) is 2.85. The van der Waals surface area contributed by atoms with Gasteiger partial charge in [-0.15, -0.1) is 0 Å². The van der Waals surface area contributed by atoms with E-state index in [0.717, 1.165) is 0 Å². The molecule has 0 heterocycles. The van der Waals surface area contributed by atoms with E-state index in [0.29, 0.717) is 29.4 Å². The lowest BCUT2D eigenvalue weighted by atomic mass is 9.86. The van der Waals surface area contributed by atoms with Gasteiger partial charge < -0.3 is 25.4 Å². The van der Waals surface area contributed by atoms with E-state index in [1.807, 2.05) is 0 Å². The Morgan fingerprint density at radius 3 is 2.29 bits per heavy atom. The Morgan fingerprint density at radius 2 is 1.71 bits per heavy atom. The summed E-state index contributed by atoms with van der Waals surface area (Å²) in [4.78, 5) is 16.5. The van der Waals surface area contributed by atoms with Gasteiger partial charge in [0.25, 0.3) is 0 Å². The molecular weight excluding hydrogens is 504 g/mol. The lowest BCUT2D eigenvalue weighted by Crippen LogP contribution is -2.41. The number of benzene rings is 2. The van der Waals surface area contributed by atoms with Crippen LogP contribution in [0, 0.1) is 11.7 Å². The second kappa shape index (κ2) is 13.3. The molecule has 0 bridgehead atoms. The number of anilines is 2. The minimum absolute atomic E-state index is 0.00808. The molecule has 3 rings (SSSR count). The van der Waals surface area contributed by atoms with Gasteiger partial charge in [-0.25, -0.2) is 9.18 Å². The standard InChI is InChI=1S/C27H32F4N4O3/c1-4-32-24-16-22(38-14-13-37-3)15-23(28)25(24)17(2)33-19-9-11-21(12-10-19)35-26(36)34-20-7-5-18(6-8-20)27(29,30)31/h4,9-12,15-16,18,20,33H,2,5-8,13-14H2,1,3H3,(H2,34,35,36). The van der Waals surface area contributed by atoms with Crippen molar-refractivity contribution >= 4 is 35.0 Å². The summed E-state index contributed by atoms with van der Waals surface area (Å²) in [6.07, 6.45) is -2.07. The largest absolute Gasteiger partial charge is 0.491 e. The first kappa shape index (κ1) is 29.0. The van der Waals surface area contributed by atoms with E-state index in [1.54, 1.807) is 44.4 Å². The quantitative estimate of drug-likeness (QED) is 0.175. The van der Waals surface area contributed by atoms with Crippen LogP contribution in [-0.4, -0.2) is 44.8 Å². The topological polar surface area (TPSA) is 84.0 Å². The van der Waals surface area contributed by atoms with Crippen LogP contribution in [0.3, 0.4) is 0 Å². The number of aliphatic imine (C=N–C) groups is 1. The zero-order chi connectivity index (χ0) is 27.7. The molecule has 38 heavy (non-hydrogen) atoms. The van der Waals surface area contributed by atoms with Crippen LogP contribution >= 0.6 is 0 Å². The molecule has 0 atom stereocenters. The number of carbonyl (C=O) groups is 1. The third kappa shape index (κ3) is 8.20. The number of amides is 2. The maximum atomic E-state index is 15.0. The molecule has 0 radical (unpaired) electrons. The second-order valence-electron chi connectivity index (χ2n) is 8.90. The molecule has 0 aromatic heterocycles. The molecule has 3 N–H and O–H groups in total. The Bertz CT molecular complexity index is 1130. The Labute approximate surface area is 219 Å². The van der Waals surface area contributed by atoms with Gasteiger partial charge in [0.05, 0.1) is 23.8 Å². The number of hydrogen-bond donors (Lipinski definition) is 3. The Kier molecular flexibility index (Phi) is 10.1. The SMILES string of the molecule is C=C(Nc1ccc(NC(=O)NC2CCC(C(F)(F)F)CC2)cc1)c1c(F)cc(OCCOC)cc1N=CC. The molecule has 0 aliphatic heterocycles.